The summed E-state index contributed by atoms with van der Waals surface area (Å²) in [6.45, 7) is 2.52. The van der Waals surface area contributed by atoms with Gasteiger partial charge in [0, 0.05) is 11.3 Å². The number of halogens is 2. The van der Waals surface area contributed by atoms with E-state index < -0.39 is 29.3 Å². The molecule has 1 aliphatic rings. The first kappa shape index (κ1) is 27.5. The van der Waals surface area contributed by atoms with Crippen molar-refractivity contribution in [2.45, 2.75) is 29.5 Å². The minimum absolute atomic E-state index is 0.146. The number of aromatic nitrogens is 2. The first-order chi connectivity index (χ1) is 19.4. The molecule has 0 bridgehead atoms. The van der Waals surface area contributed by atoms with Gasteiger partial charge >= 0.3 is 5.91 Å². The average Bonchev–Trinajstić information content (AvgIpc) is 3.53. The molecule has 5 rings (SSSR count). The van der Waals surface area contributed by atoms with Gasteiger partial charge in [0.25, 0.3) is 5.78 Å². The molecular weight excluding hydrogens is 556 g/mol. The van der Waals surface area contributed by atoms with Crippen LogP contribution < -0.4 is 9.64 Å². The van der Waals surface area contributed by atoms with E-state index in [1.54, 1.807) is 42.5 Å². The fourth-order valence-corrected chi connectivity index (χ4v) is 6.04. The molecule has 11 heteroatoms. The summed E-state index contributed by atoms with van der Waals surface area (Å²) in [5.74, 6) is -2.16. The smallest absolute Gasteiger partial charge is 0.301 e. The number of aliphatic hydroxyl groups is 1. The zero-order valence-corrected chi connectivity index (χ0v) is 22.8. The van der Waals surface area contributed by atoms with Crippen LogP contribution in [-0.4, -0.2) is 33.6 Å². The van der Waals surface area contributed by atoms with E-state index in [4.69, 9.17) is 4.74 Å². The number of hydrogen-bond donors (Lipinski definition) is 1. The van der Waals surface area contributed by atoms with E-state index in [-0.39, 0.29) is 22.1 Å². The fourth-order valence-electron chi connectivity index (χ4n) is 4.19. The number of nitrogens with zero attached hydrogens (tertiary/aromatic N) is 3. The highest BCUT2D eigenvalue weighted by atomic mass is 32.2. The van der Waals surface area contributed by atoms with Crippen molar-refractivity contribution in [3.8, 4) is 5.75 Å². The summed E-state index contributed by atoms with van der Waals surface area (Å²) >= 11 is 2.33. The molecule has 1 fully saturated rings. The monoisotopic (exact) mass is 579 g/mol. The standard InChI is InChI=1S/C29H23F2N3O4S2/c1-2-15-38-21-13-9-17(10-14-21)24-23(25(35)18-7-11-20(30)12-8-18)26(36)27(37)34(24)28-32-33-29(40-28)39-16-19-5-3-4-6-22(19)31/h3-14,24,35H,2,15-16H2,1H3/b25-23-. The second-order valence-electron chi connectivity index (χ2n) is 8.82. The van der Waals surface area contributed by atoms with Crippen LogP contribution >= 0.6 is 23.1 Å². The highest BCUT2D eigenvalue weighted by Crippen LogP contribution is 2.44. The topological polar surface area (TPSA) is 92.6 Å². The molecule has 3 aromatic carbocycles. The summed E-state index contributed by atoms with van der Waals surface area (Å²) in [5, 5.41) is 19.6. The van der Waals surface area contributed by atoms with Gasteiger partial charge in [-0.2, -0.15) is 0 Å². The van der Waals surface area contributed by atoms with Gasteiger partial charge in [0.15, 0.2) is 4.34 Å². The lowest BCUT2D eigenvalue weighted by Gasteiger charge is -2.22. The highest BCUT2D eigenvalue weighted by Gasteiger charge is 2.48. The van der Waals surface area contributed by atoms with Crippen molar-refractivity contribution >= 4 is 45.7 Å². The first-order valence-corrected chi connectivity index (χ1v) is 14.2. The Morgan fingerprint density at radius 1 is 1.02 bits per heavy atom. The van der Waals surface area contributed by atoms with E-state index in [2.05, 4.69) is 10.2 Å². The lowest BCUT2D eigenvalue weighted by atomic mass is 9.95. The highest BCUT2D eigenvalue weighted by molar-refractivity contribution is 8.00. The van der Waals surface area contributed by atoms with Crippen molar-refractivity contribution < 1.29 is 28.2 Å². The van der Waals surface area contributed by atoms with Crippen molar-refractivity contribution in [1.29, 1.82) is 0 Å². The molecule has 1 amide bonds. The van der Waals surface area contributed by atoms with Gasteiger partial charge in [-0.05, 0) is 60.0 Å². The molecule has 40 heavy (non-hydrogen) atoms. The quantitative estimate of drug-likeness (QED) is 0.0793. The minimum Gasteiger partial charge on any atom is -0.507 e. The average molecular weight is 580 g/mol. The molecule has 0 saturated carbocycles. The van der Waals surface area contributed by atoms with Gasteiger partial charge in [-0.1, -0.05) is 60.4 Å². The van der Waals surface area contributed by atoms with Crippen molar-refractivity contribution in [2.75, 3.05) is 11.5 Å². The molecule has 1 saturated heterocycles. The van der Waals surface area contributed by atoms with Gasteiger partial charge in [-0.15, -0.1) is 10.2 Å². The second kappa shape index (κ2) is 12.0. The molecule has 204 valence electrons. The van der Waals surface area contributed by atoms with Crippen LogP contribution in [0.1, 0.15) is 36.1 Å². The Labute approximate surface area is 237 Å². The number of amides is 1. The Morgan fingerprint density at radius 2 is 1.75 bits per heavy atom. The number of rotatable bonds is 9. The van der Waals surface area contributed by atoms with E-state index >= 15 is 0 Å². The van der Waals surface area contributed by atoms with E-state index in [1.165, 1.54) is 34.9 Å². The summed E-state index contributed by atoms with van der Waals surface area (Å²) in [7, 11) is 0. The molecule has 1 N–H and O–H groups in total. The number of aliphatic hydroxyl groups excluding tert-OH is 1. The van der Waals surface area contributed by atoms with Gasteiger partial charge < -0.3 is 9.84 Å². The number of thioether (sulfide) groups is 1. The number of ether oxygens (including phenoxy) is 1. The summed E-state index contributed by atoms with van der Waals surface area (Å²) in [4.78, 5) is 27.9. The normalized spacial score (nSPS) is 16.5. The third-order valence-corrected chi connectivity index (χ3v) is 8.25. The van der Waals surface area contributed by atoms with Crippen molar-refractivity contribution in [1.82, 2.24) is 10.2 Å². The Hall–Kier alpha value is -4.09. The van der Waals surface area contributed by atoms with Gasteiger partial charge in [-0.25, -0.2) is 8.78 Å². The summed E-state index contributed by atoms with van der Waals surface area (Å²) in [5.41, 5.74) is 1.05. The van der Waals surface area contributed by atoms with Crippen molar-refractivity contribution in [3.05, 3.63) is 107 Å². The SMILES string of the molecule is CCCOc1ccc(C2/C(=C(/O)c3ccc(F)cc3)C(=O)C(=O)N2c2nnc(SCc3ccccc3F)s2)cc1. The maximum absolute atomic E-state index is 14.1. The Balaban J connectivity index is 1.53. The van der Waals surface area contributed by atoms with Crippen LogP contribution in [-0.2, 0) is 15.3 Å². The van der Waals surface area contributed by atoms with Gasteiger partial charge in [-0.3, -0.25) is 14.5 Å². The molecular formula is C29H23F2N3O4S2. The van der Waals surface area contributed by atoms with Crippen molar-refractivity contribution in [3.63, 3.8) is 0 Å². The molecule has 1 unspecified atom stereocenters. The molecule has 1 atom stereocenters. The Kier molecular flexibility index (Phi) is 8.22. The summed E-state index contributed by atoms with van der Waals surface area (Å²) in [6, 6.07) is 17.2. The van der Waals surface area contributed by atoms with Crippen LogP contribution in [0.2, 0.25) is 0 Å². The molecule has 4 aromatic rings. The number of anilines is 1. The molecule has 2 heterocycles. The molecule has 7 nitrogen and oxygen atoms in total. The number of carbonyl (C=O) groups excluding carboxylic acids is 2. The number of hydrogen-bond acceptors (Lipinski definition) is 8. The van der Waals surface area contributed by atoms with E-state index in [9.17, 15) is 23.5 Å². The Bertz CT molecular complexity index is 1570. The molecule has 0 aliphatic carbocycles. The number of benzene rings is 3. The van der Waals surface area contributed by atoms with Gasteiger partial charge in [0.2, 0.25) is 5.13 Å². The molecule has 0 radical (unpaired) electrons. The van der Waals surface area contributed by atoms with E-state index in [1.807, 2.05) is 6.92 Å². The fraction of sp³-hybridized carbons (Fsp3) is 0.172. The lowest BCUT2D eigenvalue weighted by Crippen LogP contribution is -2.29. The zero-order valence-electron chi connectivity index (χ0n) is 21.2. The molecule has 1 aromatic heterocycles. The maximum Gasteiger partial charge on any atom is 0.301 e. The lowest BCUT2D eigenvalue weighted by molar-refractivity contribution is -0.132. The minimum atomic E-state index is -1.03. The zero-order chi connectivity index (χ0) is 28.2. The number of carbonyl (C=O) groups is 2. The van der Waals surface area contributed by atoms with Crippen LogP contribution in [0.15, 0.2) is 82.7 Å². The van der Waals surface area contributed by atoms with Gasteiger partial charge in [0.1, 0.15) is 23.1 Å². The number of Topliss-reactive ketones (excluding diaryl/α,β-unsaturated/α-hetero) is 1. The van der Waals surface area contributed by atoms with Gasteiger partial charge in [0.05, 0.1) is 18.2 Å². The van der Waals surface area contributed by atoms with Crippen LogP contribution in [0.4, 0.5) is 13.9 Å². The van der Waals surface area contributed by atoms with E-state index in [0.29, 0.717) is 33.6 Å². The van der Waals surface area contributed by atoms with Crippen molar-refractivity contribution in [2.24, 2.45) is 0 Å². The van der Waals surface area contributed by atoms with Crippen LogP contribution in [0.3, 0.4) is 0 Å². The predicted octanol–water partition coefficient (Wildman–Crippen LogP) is 6.52. The van der Waals surface area contributed by atoms with Crippen LogP contribution in [0, 0.1) is 11.6 Å². The van der Waals surface area contributed by atoms with Crippen LogP contribution in [0.25, 0.3) is 5.76 Å². The summed E-state index contributed by atoms with van der Waals surface area (Å²) < 4.78 is 33.7. The van der Waals surface area contributed by atoms with Crippen LogP contribution in [0.5, 0.6) is 5.75 Å². The Morgan fingerprint density at radius 3 is 2.45 bits per heavy atom. The third-order valence-electron chi connectivity index (χ3n) is 6.14. The number of ketones is 1. The first-order valence-electron chi connectivity index (χ1n) is 12.4. The largest absolute Gasteiger partial charge is 0.507 e. The second-order valence-corrected chi connectivity index (χ2v) is 11.0. The third kappa shape index (κ3) is 5.61. The van der Waals surface area contributed by atoms with E-state index in [0.717, 1.165) is 29.9 Å². The molecule has 0 spiro atoms. The summed E-state index contributed by atoms with van der Waals surface area (Å²) in [6.07, 6.45) is 0.827. The maximum atomic E-state index is 14.1. The molecule has 1 aliphatic heterocycles. The predicted molar refractivity (Wildman–Crippen MR) is 149 cm³/mol.